The third-order valence-electron chi connectivity index (χ3n) is 14.0. The predicted molar refractivity (Wildman–Crippen MR) is 132 cm³/mol. The number of hydrogen-bond donors (Lipinski definition) is 2. The lowest BCUT2D eigenvalue weighted by Crippen LogP contribution is -2.72. The Morgan fingerprint density at radius 3 is 2.12 bits per heavy atom. The van der Waals surface area contributed by atoms with Crippen LogP contribution < -0.4 is 0 Å². The molecule has 6 fully saturated rings. The summed E-state index contributed by atoms with van der Waals surface area (Å²) in [6.45, 7) is 16.6. The van der Waals surface area contributed by atoms with Crippen molar-refractivity contribution in [3.63, 3.8) is 0 Å². The van der Waals surface area contributed by atoms with E-state index in [0.29, 0.717) is 24.2 Å². The van der Waals surface area contributed by atoms with Gasteiger partial charge < -0.3 is 14.9 Å². The highest BCUT2D eigenvalue weighted by Crippen LogP contribution is 2.80. The van der Waals surface area contributed by atoms with Crippen LogP contribution in [0.2, 0.25) is 0 Å². The van der Waals surface area contributed by atoms with Gasteiger partial charge in [0.05, 0.1) is 17.6 Å². The summed E-state index contributed by atoms with van der Waals surface area (Å²) in [7, 11) is 0. The standard InChI is InChI=1S/C30H48O4/c1-24(2)12-14-29-15-13-28(7)27(6)10-8-19-25(3,4)22(32)18(31)16-26(19,5)20(27)9-11-30(28,21(29)17-24)34-23(29)33/h18-22,31-32H,8-17H2,1-7H3/t18-,19+,20-,21-,22+,26+,27-,28+,29+,30+/m1/s1. The van der Waals surface area contributed by atoms with Crippen LogP contribution in [0.3, 0.4) is 0 Å². The maximum absolute atomic E-state index is 13.7. The lowest BCUT2D eigenvalue weighted by atomic mass is 9.30. The van der Waals surface area contributed by atoms with Crippen LogP contribution in [0.15, 0.2) is 0 Å². The third kappa shape index (κ3) is 2.38. The zero-order valence-electron chi connectivity index (χ0n) is 22.7. The molecule has 4 nitrogen and oxygen atoms in total. The molecular weight excluding hydrogens is 424 g/mol. The Kier molecular flexibility index (Phi) is 4.50. The molecular formula is C30H48O4. The number of carbonyl (C=O) groups is 1. The lowest BCUT2D eigenvalue weighted by molar-refractivity contribution is -0.294. The van der Waals surface area contributed by atoms with Gasteiger partial charge in [0.2, 0.25) is 0 Å². The van der Waals surface area contributed by atoms with Gasteiger partial charge in [0, 0.05) is 11.3 Å². The summed E-state index contributed by atoms with van der Waals surface area (Å²) >= 11 is 0. The minimum absolute atomic E-state index is 0.0112. The molecule has 6 rings (SSSR count). The Morgan fingerprint density at radius 2 is 1.41 bits per heavy atom. The van der Waals surface area contributed by atoms with Crippen molar-refractivity contribution in [3.05, 3.63) is 0 Å². The minimum Gasteiger partial charge on any atom is -0.458 e. The Morgan fingerprint density at radius 1 is 0.765 bits per heavy atom. The molecule has 0 unspecified atom stereocenters. The highest BCUT2D eigenvalue weighted by molar-refractivity contribution is 5.81. The smallest absolute Gasteiger partial charge is 0.313 e. The van der Waals surface area contributed by atoms with Crippen molar-refractivity contribution in [1.29, 1.82) is 0 Å². The van der Waals surface area contributed by atoms with Crippen LogP contribution in [-0.2, 0) is 9.53 Å². The van der Waals surface area contributed by atoms with Crippen LogP contribution in [0, 0.1) is 50.2 Å². The van der Waals surface area contributed by atoms with Gasteiger partial charge in [-0.25, -0.2) is 0 Å². The van der Waals surface area contributed by atoms with Crippen LogP contribution in [0.4, 0.5) is 0 Å². The summed E-state index contributed by atoms with van der Waals surface area (Å²) in [5.74, 6) is 1.33. The number of carbonyl (C=O) groups excluding carboxylic acids is 1. The predicted octanol–water partition coefficient (Wildman–Crippen LogP) is 5.88. The minimum atomic E-state index is -0.662. The summed E-state index contributed by atoms with van der Waals surface area (Å²) in [4.78, 5) is 13.7. The highest BCUT2D eigenvalue weighted by Gasteiger charge is 2.81. The molecule has 10 atom stereocenters. The van der Waals surface area contributed by atoms with Gasteiger partial charge in [-0.15, -0.1) is 0 Å². The van der Waals surface area contributed by atoms with E-state index in [0.717, 1.165) is 57.8 Å². The first kappa shape index (κ1) is 23.8. The van der Waals surface area contributed by atoms with E-state index in [2.05, 4.69) is 48.5 Å². The number of aliphatic hydroxyl groups excluding tert-OH is 2. The molecule has 192 valence electrons. The zero-order valence-corrected chi connectivity index (χ0v) is 22.7. The van der Waals surface area contributed by atoms with Gasteiger partial charge in [0.25, 0.3) is 0 Å². The van der Waals surface area contributed by atoms with Gasteiger partial charge >= 0.3 is 5.97 Å². The Labute approximate surface area is 206 Å². The fraction of sp³-hybridized carbons (Fsp3) is 0.967. The second-order valence-electron chi connectivity index (χ2n) is 15.8. The molecule has 4 heteroatoms. The molecule has 5 saturated carbocycles. The Balaban J connectivity index is 1.46. The molecule has 1 aliphatic heterocycles. The molecule has 0 aromatic carbocycles. The first-order valence-electron chi connectivity index (χ1n) is 14.2. The summed E-state index contributed by atoms with van der Waals surface area (Å²) in [6, 6.07) is 0. The fourth-order valence-electron chi connectivity index (χ4n) is 12.0. The van der Waals surface area contributed by atoms with Crippen LogP contribution in [0.25, 0.3) is 0 Å². The molecule has 0 aromatic heterocycles. The first-order chi connectivity index (χ1) is 15.6. The third-order valence-corrected chi connectivity index (χ3v) is 14.0. The molecule has 6 aliphatic rings. The normalized spacial score (nSPS) is 59.2. The van der Waals surface area contributed by atoms with Crippen LogP contribution in [0.1, 0.15) is 113 Å². The summed E-state index contributed by atoms with van der Waals surface area (Å²) in [6.07, 6.45) is 8.92. The molecule has 5 aliphatic carbocycles. The van der Waals surface area contributed by atoms with Gasteiger partial charge in [-0.1, -0.05) is 48.5 Å². The maximum atomic E-state index is 13.7. The average molecular weight is 473 g/mol. The first-order valence-corrected chi connectivity index (χ1v) is 14.2. The van der Waals surface area contributed by atoms with E-state index in [9.17, 15) is 15.0 Å². The summed E-state index contributed by atoms with van der Waals surface area (Å²) < 4.78 is 6.74. The highest BCUT2D eigenvalue weighted by atomic mass is 16.6. The van der Waals surface area contributed by atoms with Crippen LogP contribution in [-0.4, -0.2) is 34.0 Å². The fourth-order valence-corrected chi connectivity index (χ4v) is 12.0. The number of fused-ring (bicyclic) bond motifs is 4. The molecule has 0 amide bonds. The SMILES string of the molecule is CC1(C)CC[C@@]23CC[C@]4(C)[C@@](CC[C@@H]5[C@@]6(C)C[C@@H](O)[C@H](O)C(C)(C)[C@@H]6CC[C@]54C)(OC2=O)[C@@H]3C1. The topological polar surface area (TPSA) is 66.8 Å². The quantitative estimate of drug-likeness (QED) is 0.432. The Bertz CT molecular complexity index is 925. The molecule has 1 heterocycles. The number of rotatable bonds is 0. The van der Waals surface area contributed by atoms with E-state index < -0.39 is 12.2 Å². The van der Waals surface area contributed by atoms with E-state index in [-0.39, 0.29) is 44.1 Å². The molecule has 34 heavy (non-hydrogen) atoms. The van der Waals surface area contributed by atoms with Gasteiger partial charge in [0.15, 0.2) is 0 Å². The molecule has 2 bridgehead atoms. The van der Waals surface area contributed by atoms with E-state index >= 15 is 0 Å². The molecule has 0 radical (unpaired) electrons. The van der Waals surface area contributed by atoms with Crippen molar-refractivity contribution in [2.45, 2.75) is 130 Å². The van der Waals surface area contributed by atoms with E-state index in [1.807, 2.05) is 0 Å². The van der Waals surface area contributed by atoms with Gasteiger partial charge in [-0.3, -0.25) is 4.79 Å². The largest absolute Gasteiger partial charge is 0.458 e. The number of hydrogen-bond acceptors (Lipinski definition) is 4. The number of aliphatic hydroxyl groups is 2. The molecule has 2 N–H and O–H groups in total. The summed E-state index contributed by atoms with van der Waals surface area (Å²) in [5, 5.41) is 22.0. The summed E-state index contributed by atoms with van der Waals surface area (Å²) in [5.41, 5.74) is -0.601. The molecule has 1 saturated heterocycles. The monoisotopic (exact) mass is 472 g/mol. The van der Waals surface area contributed by atoms with Crippen molar-refractivity contribution in [2.75, 3.05) is 0 Å². The zero-order chi connectivity index (χ0) is 24.7. The second kappa shape index (κ2) is 6.44. The number of ether oxygens (including phenoxy) is 1. The van der Waals surface area contributed by atoms with Crippen LogP contribution in [0.5, 0.6) is 0 Å². The van der Waals surface area contributed by atoms with Crippen molar-refractivity contribution in [1.82, 2.24) is 0 Å². The maximum Gasteiger partial charge on any atom is 0.313 e. The average Bonchev–Trinajstić information content (AvgIpc) is 2.90. The van der Waals surface area contributed by atoms with Gasteiger partial charge in [0.1, 0.15) is 5.60 Å². The van der Waals surface area contributed by atoms with Crippen LogP contribution >= 0.6 is 0 Å². The van der Waals surface area contributed by atoms with Gasteiger partial charge in [-0.2, -0.15) is 0 Å². The Hall–Kier alpha value is -0.610. The second-order valence-corrected chi connectivity index (χ2v) is 15.8. The van der Waals surface area contributed by atoms with E-state index in [1.165, 1.54) is 0 Å². The molecule has 1 spiro atoms. The number of esters is 1. The van der Waals surface area contributed by atoms with Crippen molar-refractivity contribution < 1.29 is 19.7 Å². The van der Waals surface area contributed by atoms with Crippen molar-refractivity contribution in [3.8, 4) is 0 Å². The molecule has 0 aromatic rings. The van der Waals surface area contributed by atoms with Crippen molar-refractivity contribution in [2.24, 2.45) is 50.2 Å². The van der Waals surface area contributed by atoms with Crippen molar-refractivity contribution >= 4 is 5.97 Å². The lowest BCUT2D eigenvalue weighted by Gasteiger charge is -2.74. The van der Waals surface area contributed by atoms with Gasteiger partial charge in [-0.05, 0) is 97.7 Å². The van der Waals surface area contributed by atoms with E-state index in [1.54, 1.807) is 0 Å². The van der Waals surface area contributed by atoms with E-state index in [4.69, 9.17) is 4.74 Å².